The van der Waals surface area contributed by atoms with Gasteiger partial charge in [0.15, 0.2) is 5.69 Å². The molecule has 0 aliphatic heterocycles. The fourth-order valence-electron chi connectivity index (χ4n) is 1.03. The Morgan fingerprint density at radius 1 is 1.53 bits per heavy atom. The van der Waals surface area contributed by atoms with Crippen LogP contribution in [0, 0.1) is 0 Å². The van der Waals surface area contributed by atoms with Gasteiger partial charge in [-0.25, -0.2) is 14.3 Å². The molecular weight excluding hydrogens is 198 g/mol. The number of nitrogens with zero attached hydrogens (tertiary/aromatic N) is 2. The van der Waals surface area contributed by atoms with Gasteiger partial charge in [0.1, 0.15) is 12.1 Å². The molecule has 0 aliphatic carbocycles. The van der Waals surface area contributed by atoms with E-state index < -0.39 is 11.9 Å². The van der Waals surface area contributed by atoms with E-state index in [0.29, 0.717) is 0 Å². The van der Waals surface area contributed by atoms with Gasteiger partial charge in [-0.3, -0.25) is 4.79 Å². The molecule has 0 saturated carbocycles. The van der Waals surface area contributed by atoms with Crippen LogP contribution in [0.25, 0.3) is 0 Å². The van der Waals surface area contributed by atoms with Crippen molar-refractivity contribution >= 4 is 17.8 Å². The number of hydrogen-bond donors (Lipinski definition) is 3. The van der Waals surface area contributed by atoms with Gasteiger partial charge in [0, 0.05) is 6.04 Å². The molecule has 0 aliphatic rings. The summed E-state index contributed by atoms with van der Waals surface area (Å²) < 4.78 is 1.04. The van der Waals surface area contributed by atoms with Gasteiger partial charge in [-0.1, -0.05) is 0 Å². The quantitative estimate of drug-likeness (QED) is 0.613. The second-order valence-electron chi connectivity index (χ2n) is 3.32. The third kappa shape index (κ3) is 2.25. The minimum Gasteiger partial charge on any atom is -0.383 e. The zero-order valence-electron chi connectivity index (χ0n) is 8.52. The Kier molecular flexibility index (Phi) is 2.93. The summed E-state index contributed by atoms with van der Waals surface area (Å²) in [5, 5.41) is 2.60. The van der Waals surface area contributed by atoms with Crippen molar-refractivity contribution in [3.05, 3.63) is 12.0 Å². The molecule has 0 radical (unpaired) electrons. The Hall–Kier alpha value is -2.05. The van der Waals surface area contributed by atoms with Crippen LogP contribution >= 0.6 is 0 Å². The first-order chi connectivity index (χ1) is 6.93. The highest BCUT2D eigenvalue weighted by atomic mass is 16.2. The molecule has 5 N–H and O–H groups in total. The van der Waals surface area contributed by atoms with Gasteiger partial charge in [-0.15, -0.1) is 0 Å². The van der Waals surface area contributed by atoms with E-state index >= 15 is 0 Å². The average Bonchev–Trinajstić information content (AvgIpc) is 2.45. The van der Waals surface area contributed by atoms with Crippen LogP contribution in [0.5, 0.6) is 0 Å². The fraction of sp³-hybridized carbons (Fsp3) is 0.375. The van der Waals surface area contributed by atoms with Crippen molar-refractivity contribution in [1.29, 1.82) is 0 Å². The third-order valence-corrected chi connectivity index (χ3v) is 1.67. The molecule has 0 spiro atoms. The largest absolute Gasteiger partial charge is 0.383 e. The zero-order chi connectivity index (χ0) is 11.6. The van der Waals surface area contributed by atoms with E-state index in [1.807, 2.05) is 0 Å². The molecule has 15 heavy (non-hydrogen) atoms. The fourth-order valence-corrected chi connectivity index (χ4v) is 1.03. The molecule has 0 fully saturated rings. The molecule has 1 rings (SSSR count). The summed E-state index contributed by atoms with van der Waals surface area (Å²) in [7, 11) is 0. The van der Waals surface area contributed by atoms with Crippen LogP contribution in [0.3, 0.4) is 0 Å². The number of primary amides is 1. The number of rotatable bonds is 2. The van der Waals surface area contributed by atoms with Gasteiger partial charge in [0.05, 0.1) is 0 Å². The lowest BCUT2D eigenvalue weighted by molar-refractivity contribution is 0.0997. The standard InChI is InChI=1S/C8H13N5O2/c1-4(2)12-8(15)13-3-11-5(6(13)9)7(10)14/h3-4H,9H2,1-2H3,(H2,10,14)(H,12,15). The number of hydrogen-bond acceptors (Lipinski definition) is 4. The van der Waals surface area contributed by atoms with E-state index in [0.717, 1.165) is 10.9 Å². The third-order valence-electron chi connectivity index (χ3n) is 1.67. The first kappa shape index (κ1) is 11.0. The van der Waals surface area contributed by atoms with Crippen molar-refractivity contribution in [3.8, 4) is 0 Å². The summed E-state index contributed by atoms with van der Waals surface area (Å²) in [6, 6.07) is -0.473. The van der Waals surface area contributed by atoms with E-state index in [4.69, 9.17) is 11.5 Å². The summed E-state index contributed by atoms with van der Waals surface area (Å²) in [5.74, 6) is -0.816. The number of carbonyl (C=O) groups excluding carboxylic acids is 2. The van der Waals surface area contributed by atoms with Gasteiger partial charge in [0.25, 0.3) is 5.91 Å². The van der Waals surface area contributed by atoms with Gasteiger partial charge < -0.3 is 16.8 Å². The molecule has 0 aromatic carbocycles. The number of carbonyl (C=O) groups is 2. The monoisotopic (exact) mass is 211 g/mol. The lowest BCUT2D eigenvalue weighted by atomic mass is 10.4. The number of nitrogen functional groups attached to an aromatic ring is 1. The molecule has 7 nitrogen and oxygen atoms in total. The number of aromatic nitrogens is 2. The SMILES string of the molecule is CC(C)NC(=O)n1cnc(C(N)=O)c1N. The van der Waals surface area contributed by atoms with Crippen molar-refractivity contribution in [3.63, 3.8) is 0 Å². The van der Waals surface area contributed by atoms with Crippen LogP contribution in [-0.4, -0.2) is 27.5 Å². The molecule has 0 bridgehead atoms. The topological polar surface area (TPSA) is 116 Å². The highest BCUT2D eigenvalue weighted by Crippen LogP contribution is 2.08. The Morgan fingerprint density at radius 3 is 2.53 bits per heavy atom. The maximum atomic E-state index is 11.5. The first-order valence-electron chi connectivity index (χ1n) is 4.37. The van der Waals surface area contributed by atoms with E-state index in [-0.39, 0.29) is 17.6 Å². The van der Waals surface area contributed by atoms with Crippen molar-refractivity contribution < 1.29 is 9.59 Å². The van der Waals surface area contributed by atoms with Crippen LogP contribution in [0.1, 0.15) is 24.3 Å². The Bertz CT molecular complexity index is 396. The summed E-state index contributed by atoms with van der Waals surface area (Å²) in [5.41, 5.74) is 10.4. The van der Waals surface area contributed by atoms with E-state index in [1.54, 1.807) is 13.8 Å². The summed E-state index contributed by atoms with van der Waals surface area (Å²) in [6.07, 6.45) is 1.16. The predicted octanol–water partition coefficient (Wildman–Crippen LogP) is -0.470. The highest BCUT2D eigenvalue weighted by molar-refractivity contribution is 5.97. The molecule has 0 saturated heterocycles. The zero-order valence-corrected chi connectivity index (χ0v) is 8.52. The van der Waals surface area contributed by atoms with Crippen molar-refractivity contribution in [2.75, 3.05) is 5.73 Å². The number of anilines is 1. The molecule has 1 aromatic rings. The lowest BCUT2D eigenvalue weighted by Gasteiger charge is -2.09. The molecule has 1 heterocycles. The molecule has 82 valence electrons. The van der Waals surface area contributed by atoms with Crippen LogP contribution in [0.15, 0.2) is 6.33 Å². The molecule has 0 unspecified atom stereocenters. The maximum Gasteiger partial charge on any atom is 0.328 e. The number of nitrogens with two attached hydrogens (primary N) is 2. The molecular formula is C8H13N5O2. The molecule has 1 aromatic heterocycles. The second-order valence-corrected chi connectivity index (χ2v) is 3.32. The van der Waals surface area contributed by atoms with E-state index in [2.05, 4.69) is 10.3 Å². The van der Waals surface area contributed by atoms with Gasteiger partial charge >= 0.3 is 6.03 Å². The molecule has 2 amide bonds. The van der Waals surface area contributed by atoms with Crippen LogP contribution in [-0.2, 0) is 0 Å². The number of imidazole rings is 1. The lowest BCUT2D eigenvalue weighted by Crippen LogP contribution is -2.34. The maximum absolute atomic E-state index is 11.5. The smallest absolute Gasteiger partial charge is 0.328 e. The van der Waals surface area contributed by atoms with Crippen LogP contribution < -0.4 is 16.8 Å². The predicted molar refractivity (Wildman–Crippen MR) is 54.2 cm³/mol. The average molecular weight is 211 g/mol. The molecule has 7 heteroatoms. The Morgan fingerprint density at radius 2 is 2.13 bits per heavy atom. The van der Waals surface area contributed by atoms with Crippen molar-refractivity contribution in [2.24, 2.45) is 5.73 Å². The Balaban J connectivity index is 2.96. The van der Waals surface area contributed by atoms with Crippen molar-refractivity contribution in [1.82, 2.24) is 14.9 Å². The summed E-state index contributed by atoms with van der Waals surface area (Å²) >= 11 is 0. The number of nitrogens with one attached hydrogen (secondary N) is 1. The number of amides is 2. The second kappa shape index (κ2) is 3.99. The van der Waals surface area contributed by atoms with Gasteiger partial charge in [-0.2, -0.15) is 0 Å². The molecule has 0 atom stereocenters. The van der Waals surface area contributed by atoms with Crippen molar-refractivity contribution in [2.45, 2.75) is 19.9 Å². The van der Waals surface area contributed by atoms with Crippen LogP contribution in [0.4, 0.5) is 10.6 Å². The van der Waals surface area contributed by atoms with Crippen LogP contribution in [0.2, 0.25) is 0 Å². The minimum absolute atomic E-state index is 0.0312. The van der Waals surface area contributed by atoms with E-state index in [1.165, 1.54) is 0 Å². The normalized spacial score (nSPS) is 10.3. The van der Waals surface area contributed by atoms with Gasteiger partial charge in [-0.05, 0) is 13.8 Å². The summed E-state index contributed by atoms with van der Waals surface area (Å²) in [4.78, 5) is 26.0. The van der Waals surface area contributed by atoms with E-state index in [9.17, 15) is 9.59 Å². The minimum atomic E-state index is -0.761. The Labute approximate surface area is 86.4 Å². The van der Waals surface area contributed by atoms with Gasteiger partial charge in [0.2, 0.25) is 0 Å². The first-order valence-corrected chi connectivity index (χ1v) is 4.37. The summed E-state index contributed by atoms with van der Waals surface area (Å²) in [6.45, 7) is 3.61. The highest BCUT2D eigenvalue weighted by Gasteiger charge is 2.16.